The first-order valence-electron chi connectivity index (χ1n) is 10.5. The molecule has 3 rings (SSSR count). The van der Waals surface area contributed by atoms with E-state index in [0.717, 1.165) is 11.1 Å². The van der Waals surface area contributed by atoms with Gasteiger partial charge < -0.3 is 14.3 Å². The van der Waals surface area contributed by atoms with Crippen LogP contribution in [0.5, 0.6) is 5.75 Å². The second kappa shape index (κ2) is 8.29. The topological polar surface area (TPSA) is 38.7 Å². The molecule has 0 atom stereocenters. The van der Waals surface area contributed by atoms with Crippen molar-refractivity contribution in [1.29, 1.82) is 0 Å². The number of hydrogen-bond acceptors (Lipinski definition) is 3. The van der Waals surface area contributed by atoms with Gasteiger partial charge in [-0.3, -0.25) is 0 Å². The molecule has 0 bridgehead atoms. The van der Waals surface area contributed by atoms with Crippen LogP contribution in [0.4, 0.5) is 4.39 Å². The van der Waals surface area contributed by atoms with Gasteiger partial charge in [-0.2, -0.15) is 0 Å². The van der Waals surface area contributed by atoms with E-state index < -0.39 is 13.9 Å². The predicted octanol–water partition coefficient (Wildman–Crippen LogP) is 6.56. The third kappa shape index (κ3) is 4.53. The molecule has 0 spiro atoms. The number of halogens is 1. The summed E-state index contributed by atoms with van der Waals surface area (Å²) >= 11 is 0. The highest BCUT2D eigenvalue weighted by Crippen LogP contribution is 2.42. The van der Waals surface area contributed by atoms with Crippen molar-refractivity contribution in [1.82, 2.24) is 0 Å². The van der Waals surface area contributed by atoms with Crippen molar-refractivity contribution in [2.24, 2.45) is 0 Å². The Balaban J connectivity index is 2.03. The van der Waals surface area contributed by atoms with Gasteiger partial charge in [-0.1, -0.05) is 51.1 Å². The molecule has 1 aliphatic rings. The first-order chi connectivity index (χ1) is 14.0. The molecule has 1 N–H and O–H groups in total. The lowest BCUT2D eigenvalue weighted by molar-refractivity contribution is 0.0513. The molecule has 0 aromatic heterocycles. The standard InChI is InChI=1S/C25H33FO3Si/c1-24(2,3)30(5,6)29-17-18-9-11-20(21-16-19(28-4)10-12-23(21)26)22(15-18)25(27)13-7-8-14-25/h7-12,15-16,27H,13-14,17H2,1-6H3. The van der Waals surface area contributed by atoms with Crippen LogP contribution in [0.15, 0.2) is 48.6 Å². The third-order valence-electron chi connectivity index (χ3n) is 6.53. The van der Waals surface area contributed by atoms with E-state index in [-0.39, 0.29) is 10.9 Å². The van der Waals surface area contributed by atoms with Crippen molar-refractivity contribution in [3.8, 4) is 16.9 Å². The SMILES string of the molecule is COc1ccc(F)c(-c2ccc(CO[Si](C)(C)C(C)(C)C)cc2C2(O)CC=CC2)c1. The first-order valence-corrected chi connectivity index (χ1v) is 13.4. The van der Waals surface area contributed by atoms with Crippen molar-refractivity contribution in [3.05, 3.63) is 65.5 Å². The van der Waals surface area contributed by atoms with Gasteiger partial charge in [0.15, 0.2) is 8.32 Å². The van der Waals surface area contributed by atoms with E-state index in [2.05, 4.69) is 33.9 Å². The summed E-state index contributed by atoms with van der Waals surface area (Å²) in [5.74, 6) is 0.246. The van der Waals surface area contributed by atoms with E-state index in [4.69, 9.17) is 9.16 Å². The smallest absolute Gasteiger partial charge is 0.192 e. The molecule has 0 fully saturated rings. The molecule has 0 amide bonds. The van der Waals surface area contributed by atoms with Gasteiger partial charge in [-0.15, -0.1) is 0 Å². The van der Waals surface area contributed by atoms with Gasteiger partial charge in [-0.05, 0) is 65.9 Å². The van der Waals surface area contributed by atoms with E-state index in [1.165, 1.54) is 6.07 Å². The molecule has 5 heteroatoms. The van der Waals surface area contributed by atoms with Crippen LogP contribution in [-0.2, 0) is 16.6 Å². The monoisotopic (exact) mass is 428 g/mol. The number of ether oxygens (including phenoxy) is 1. The van der Waals surface area contributed by atoms with Gasteiger partial charge in [0, 0.05) is 5.56 Å². The van der Waals surface area contributed by atoms with Gasteiger partial charge >= 0.3 is 0 Å². The van der Waals surface area contributed by atoms with E-state index >= 15 is 0 Å². The zero-order chi connectivity index (χ0) is 22.2. The highest BCUT2D eigenvalue weighted by Gasteiger charge is 2.37. The molecule has 1 aliphatic carbocycles. The van der Waals surface area contributed by atoms with Gasteiger partial charge in [-0.25, -0.2) is 4.39 Å². The molecule has 0 saturated carbocycles. The van der Waals surface area contributed by atoms with Gasteiger partial charge in [0.2, 0.25) is 0 Å². The fourth-order valence-corrected chi connectivity index (χ4v) is 4.44. The summed E-state index contributed by atoms with van der Waals surface area (Å²) in [6.07, 6.45) is 4.98. The third-order valence-corrected chi connectivity index (χ3v) is 11.0. The van der Waals surface area contributed by atoms with Crippen LogP contribution in [0.3, 0.4) is 0 Å². The average molecular weight is 429 g/mol. The summed E-state index contributed by atoms with van der Waals surface area (Å²) < 4.78 is 26.4. The van der Waals surface area contributed by atoms with Crippen molar-refractivity contribution >= 4 is 8.32 Å². The maximum Gasteiger partial charge on any atom is 0.192 e. The summed E-state index contributed by atoms with van der Waals surface area (Å²) in [4.78, 5) is 0. The minimum absolute atomic E-state index is 0.118. The van der Waals surface area contributed by atoms with Crippen LogP contribution in [-0.4, -0.2) is 20.5 Å². The lowest BCUT2D eigenvalue weighted by Crippen LogP contribution is -2.40. The Labute approximate surface area is 180 Å². The zero-order valence-corrected chi connectivity index (χ0v) is 19.9. The molecule has 0 radical (unpaired) electrons. The molecule has 0 heterocycles. The molecule has 2 aromatic rings. The van der Waals surface area contributed by atoms with Crippen LogP contribution in [0.2, 0.25) is 18.1 Å². The maximum atomic E-state index is 14.7. The fraction of sp³-hybridized carbons (Fsp3) is 0.440. The Morgan fingerprint density at radius 3 is 2.30 bits per heavy atom. The van der Waals surface area contributed by atoms with E-state index in [1.807, 2.05) is 30.4 Å². The second-order valence-corrected chi connectivity index (χ2v) is 14.5. The van der Waals surface area contributed by atoms with Crippen LogP contribution in [0.1, 0.15) is 44.7 Å². The van der Waals surface area contributed by atoms with Crippen molar-refractivity contribution < 1.29 is 18.7 Å². The highest BCUT2D eigenvalue weighted by atomic mass is 28.4. The largest absolute Gasteiger partial charge is 0.497 e. The predicted molar refractivity (Wildman–Crippen MR) is 123 cm³/mol. The van der Waals surface area contributed by atoms with E-state index in [0.29, 0.717) is 36.3 Å². The molecular formula is C25H33FO3Si. The average Bonchev–Trinajstić information content (AvgIpc) is 3.13. The Morgan fingerprint density at radius 1 is 1.03 bits per heavy atom. The number of rotatable bonds is 6. The van der Waals surface area contributed by atoms with E-state index in [1.54, 1.807) is 19.2 Å². The summed E-state index contributed by atoms with van der Waals surface area (Å²) in [6, 6.07) is 10.5. The molecule has 3 nitrogen and oxygen atoms in total. The Bertz CT molecular complexity index is 936. The number of aliphatic hydroxyl groups is 1. The molecule has 0 saturated heterocycles. The first kappa shape index (κ1) is 22.7. The highest BCUT2D eigenvalue weighted by molar-refractivity contribution is 6.74. The van der Waals surface area contributed by atoms with Crippen LogP contribution in [0, 0.1) is 5.82 Å². The zero-order valence-electron chi connectivity index (χ0n) is 18.9. The summed E-state index contributed by atoms with van der Waals surface area (Å²) in [5, 5.41) is 11.5. The quantitative estimate of drug-likeness (QED) is 0.418. The maximum absolute atomic E-state index is 14.7. The van der Waals surface area contributed by atoms with Crippen LogP contribution in [0.25, 0.3) is 11.1 Å². The molecular weight excluding hydrogens is 395 g/mol. The van der Waals surface area contributed by atoms with Crippen LogP contribution >= 0.6 is 0 Å². The lowest BCUT2D eigenvalue weighted by atomic mass is 9.84. The molecule has 30 heavy (non-hydrogen) atoms. The van der Waals surface area contributed by atoms with Gasteiger partial charge in [0.1, 0.15) is 11.6 Å². The summed E-state index contributed by atoms with van der Waals surface area (Å²) in [5.41, 5.74) is 1.80. The number of benzene rings is 2. The fourth-order valence-electron chi connectivity index (χ4n) is 3.48. The molecule has 0 aliphatic heterocycles. The van der Waals surface area contributed by atoms with Gasteiger partial charge in [0.25, 0.3) is 0 Å². The summed E-state index contributed by atoms with van der Waals surface area (Å²) in [7, 11) is -0.342. The Hall–Kier alpha value is -1.95. The molecule has 0 unspecified atom stereocenters. The van der Waals surface area contributed by atoms with Crippen molar-refractivity contribution in [2.75, 3.05) is 7.11 Å². The Morgan fingerprint density at radius 2 is 1.70 bits per heavy atom. The normalized spacial score (nSPS) is 16.1. The van der Waals surface area contributed by atoms with Crippen molar-refractivity contribution in [2.45, 2.75) is 64.0 Å². The second-order valence-electron chi connectivity index (χ2n) is 9.69. The van der Waals surface area contributed by atoms with Crippen molar-refractivity contribution in [3.63, 3.8) is 0 Å². The lowest BCUT2D eigenvalue weighted by Gasteiger charge is -2.36. The number of hydrogen-bond donors (Lipinski definition) is 1. The van der Waals surface area contributed by atoms with Crippen LogP contribution < -0.4 is 4.74 Å². The molecule has 2 aromatic carbocycles. The minimum atomic E-state index is -1.91. The minimum Gasteiger partial charge on any atom is -0.497 e. The van der Waals surface area contributed by atoms with Gasteiger partial charge in [0.05, 0.1) is 19.3 Å². The molecule has 162 valence electrons. The number of methoxy groups -OCH3 is 1. The Kier molecular flexibility index (Phi) is 6.28. The summed E-state index contributed by atoms with van der Waals surface area (Å²) in [6.45, 7) is 11.6. The van der Waals surface area contributed by atoms with E-state index in [9.17, 15) is 9.50 Å².